The van der Waals surface area contributed by atoms with Gasteiger partial charge in [-0.05, 0) is 43.1 Å². The number of hydrazone groups is 1. The Bertz CT molecular complexity index is 456. The lowest BCUT2D eigenvalue weighted by Gasteiger charge is -2.17. The van der Waals surface area contributed by atoms with Gasteiger partial charge in [0.1, 0.15) is 5.82 Å². The molecule has 2 rings (SSSR count). The molecule has 1 aliphatic rings. The first-order chi connectivity index (χ1) is 9.25. The highest BCUT2D eigenvalue weighted by Crippen LogP contribution is 2.21. The van der Waals surface area contributed by atoms with Crippen molar-refractivity contribution in [2.45, 2.75) is 32.1 Å². The van der Waals surface area contributed by atoms with E-state index in [9.17, 15) is 4.39 Å². The fourth-order valence-corrected chi connectivity index (χ4v) is 2.36. The predicted molar refractivity (Wildman–Crippen MR) is 80.8 cm³/mol. The Morgan fingerprint density at radius 2 is 2.00 bits per heavy atom. The van der Waals surface area contributed by atoms with Gasteiger partial charge < -0.3 is 5.32 Å². The van der Waals surface area contributed by atoms with Crippen LogP contribution in [0.25, 0.3) is 0 Å². The van der Waals surface area contributed by atoms with E-state index in [2.05, 4.69) is 15.8 Å². The molecule has 1 saturated carbocycles. The molecule has 0 radical (unpaired) electrons. The van der Waals surface area contributed by atoms with Crippen molar-refractivity contribution in [1.82, 2.24) is 5.43 Å². The summed E-state index contributed by atoms with van der Waals surface area (Å²) >= 11 is 5.06. The van der Waals surface area contributed by atoms with E-state index >= 15 is 0 Å². The van der Waals surface area contributed by atoms with E-state index in [-0.39, 0.29) is 5.82 Å². The maximum atomic E-state index is 13.4. The number of hydrogen-bond donors (Lipinski definition) is 2. The molecule has 0 saturated heterocycles. The van der Waals surface area contributed by atoms with Crippen molar-refractivity contribution in [2.24, 2.45) is 11.0 Å². The van der Waals surface area contributed by atoms with Gasteiger partial charge in [-0.1, -0.05) is 31.4 Å². The van der Waals surface area contributed by atoms with Gasteiger partial charge in [-0.2, -0.15) is 5.10 Å². The van der Waals surface area contributed by atoms with Gasteiger partial charge in [-0.25, -0.2) is 4.39 Å². The van der Waals surface area contributed by atoms with Crippen LogP contribution in [0, 0.1) is 11.7 Å². The van der Waals surface area contributed by atoms with E-state index < -0.39 is 0 Å². The van der Waals surface area contributed by atoms with Crippen molar-refractivity contribution >= 4 is 29.2 Å². The molecule has 1 aromatic carbocycles. The zero-order valence-electron chi connectivity index (χ0n) is 10.7. The third kappa shape index (κ3) is 4.59. The zero-order valence-corrected chi connectivity index (χ0v) is 11.5. The van der Waals surface area contributed by atoms with Gasteiger partial charge in [0.15, 0.2) is 5.11 Å². The highest BCUT2D eigenvalue weighted by Gasteiger charge is 2.10. The van der Waals surface area contributed by atoms with Crippen molar-refractivity contribution in [3.8, 4) is 0 Å². The zero-order chi connectivity index (χ0) is 13.5. The molecule has 1 aliphatic carbocycles. The smallest absolute Gasteiger partial charge is 0.191 e. The average Bonchev–Trinajstić information content (AvgIpc) is 2.43. The molecule has 0 bridgehead atoms. The van der Waals surface area contributed by atoms with Crippen molar-refractivity contribution in [3.05, 3.63) is 30.1 Å². The van der Waals surface area contributed by atoms with Crippen LogP contribution in [-0.4, -0.2) is 11.3 Å². The van der Waals surface area contributed by atoms with Crippen LogP contribution in [0.4, 0.5) is 10.1 Å². The largest absolute Gasteiger partial charge is 0.329 e. The number of thiocarbonyl (C=S) groups is 1. The van der Waals surface area contributed by atoms with Crippen LogP contribution in [0.3, 0.4) is 0 Å². The molecule has 0 heterocycles. The third-order valence-electron chi connectivity index (χ3n) is 3.22. The lowest BCUT2D eigenvalue weighted by Crippen LogP contribution is -2.25. The molecule has 1 fully saturated rings. The summed E-state index contributed by atoms with van der Waals surface area (Å²) in [6, 6.07) is 6.40. The van der Waals surface area contributed by atoms with Gasteiger partial charge in [0.05, 0.1) is 5.69 Å². The molecular weight excluding hydrogens is 261 g/mol. The van der Waals surface area contributed by atoms with E-state index in [4.69, 9.17) is 12.2 Å². The summed E-state index contributed by atoms with van der Waals surface area (Å²) in [7, 11) is 0. The fraction of sp³-hybridized carbons (Fsp3) is 0.429. The highest BCUT2D eigenvalue weighted by molar-refractivity contribution is 7.80. The summed E-state index contributed by atoms with van der Waals surface area (Å²) in [4.78, 5) is 0. The topological polar surface area (TPSA) is 36.4 Å². The van der Waals surface area contributed by atoms with Crippen molar-refractivity contribution in [1.29, 1.82) is 0 Å². The molecule has 0 spiro atoms. The Kier molecular flexibility index (Phi) is 5.27. The second-order valence-electron chi connectivity index (χ2n) is 4.72. The number of nitrogens with zero attached hydrogens (tertiary/aromatic N) is 1. The van der Waals surface area contributed by atoms with Crippen LogP contribution in [0.15, 0.2) is 29.4 Å². The van der Waals surface area contributed by atoms with Gasteiger partial charge >= 0.3 is 0 Å². The number of benzene rings is 1. The molecule has 102 valence electrons. The number of hydrogen-bond acceptors (Lipinski definition) is 2. The first kappa shape index (κ1) is 13.9. The summed E-state index contributed by atoms with van der Waals surface area (Å²) in [6.45, 7) is 0. The summed E-state index contributed by atoms with van der Waals surface area (Å²) in [5, 5.41) is 7.20. The van der Waals surface area contributed by atoms with Gasteiger partial charge in [-0.3, -0.25) is 5.43 Å². The molecule has 0 unspecified atom stereocenters. The van der Waals surface area contributed by atoms with E-state index in [0.29, 0.717) is 16.7 Å². The fourth-order valence-electron chi connectivity index (χ4n) is 2.20. The quantitative estimate of drug-likeness (QED) is 0.503. The minimum atomic E-state index is -0.331. The Morgan fingerprint density at radius 3 is 2.74 bits per heavy atom. The molecule has 2 N–H and O–H groups in total. The van der Waals surface area contributed by atoms with Crippen LogP contribution < -0.4 is 10.7 Å². The predicted octanol–water partition coefficient (Wildman–Crippen LogP) is 3.68. The summed E-state index contributed by atoms with van der Waals surface area (Å²) in [6.07, 6.45) is 8.17. The van der Waals surface area contributed by atoms with E-state index in [1.165, 1.54) is 38.2 Å². The van der Waals surface area contributed by atoms with Crippen LogP contribution in [0.1, 0.15) is 32.1 Å². The first-order valence-corrected chi connectivity index (χ1v) is 7.01. The number of para-hydroxylation sites is 1. The number of anilines is 1. The highest BCUT2D eigenvalue weighted by atomic mass is 32.1. The van der Waals surface area contributed by atoms with Crippen LogP contribution in [-0.2, 0) is 0 Å². The lowest BCUT2D eigenvalue weighted by atomic mass is 9.90. The van der Waals surface area contributed by atoms with E-state index in [1.807, 2.05) is 6.21 Å². The SMILES string of the molecule is Fc1ccccc1NC(=S)N/N=C\C1CCCCC1. The third-order valence-corrected chi connectivity index (χ3v) is 3.42. The molecule has 1 aromatic rings. The average molecular weight is 279 g/mol. The van der Waals surface area contributed by atoms with Gasteiger partial charge in [0.25, 0.3) is 0 Å². The number of nitrogens with one attached hydrogen (secondary N) is 2. The second-order valence-corrected chi connectivity index (χ2v) is 5.13. The lowest BCUT2D eigenvalue weighted by molar-refractivity contribution is 0.444. The Morgan fingerprint density at radius 1 is 1.26 bits per heavy atom. The molecule has 0 atom stereocenters. The van der Waals surface area contributed by atoms with Crippen molar-refractivity contribution < 1.29 is 4.39 Å². The standard InChI is InChI=1S/C14H18FN3S/c15-12-8-4-5-9-13(12)17-14(19)18-16-10-11-6-2-1-3-7-11/h4-5,8-11H,1-3,6-7H2,(H2,17,18,19)/b16-10-. The van der Waals surface area contributed by atoms with Crippen molar-refractivity contribution in [2.75, 3.05) is 5.32 Å². The number of rotatable bonds is 3. The maximum Gasteiger partial charge on any atom is 0.191 e. The van der Waals surface area contributed by atoms with Crippen LogP contribution >= 0.6 is 12.2 Å². The molecular formula is C14H18FN3S. The molecule has 19 heavy (non-hydrogen) atoms. The van der Waals surface area contributed by atoms with E-state index in [0.717, 1.165) is 0 Å². The van der Waals surface area contributed by atoms with Crippen LogP contribution in [0.5, 0.6) is 0 Å². The first-order valence-electron chi connectivity index (χ1n) is 6.60. The monoisotopic (exact) mass is 279 g/mol. The summed E-state index contributed by atoms with van der Waals surface area (Å²) in [5.41, 5.74) is 3.08. The molecule has 5 heteroatoms. The summed E-state index contributed by atoms with van der Waals surface area (Å²) in [5.74, 6) is 0.209. The number of halogens is 1. The summed E-state index contributed by atoms with van der Waals surface area (Å²) < 4.78 is 13.4. The van der Waals surface area contributed by atoms with E-state index in [1.54, 1.807) is 18.2 Å². The Balaban J connectivity index is 1.78. The normalized spacial score (nSPS) is 16.5. The minimum absolute atomic E-state index is 0.303. The van der Waals surface area contributed by atoms with Gasteiger partial charge in [0, 0.05) is 6.21 Å². The molecule has 0 aliphatic heterocycles. The van der Waals surface area contributed by atoms with Crippen LogP contribution in [0.2, 0.25) is 0 Å². The molecule has 3 nitrogen and oxygen atoms in total. The maximum absolute atomic E-state index is 13.4. The Labute approximate surface area is 118 Å². The minimum Gasteiger partial charge on any atom is -0.329 e. The molecule has 0 amide bonds. The van der Waals surface area contributed by atoms with Crippen molar-refractivity contribution in [3.63, 3.8) is 0 Å². The molecule has 0 aromatic heterocycles. The second kappa shape index (κ2) is 7.19. The Hall–Kier alpha value is -1.49. The van der Waals surface area contributed by atoms with Gasteiger partial charge in [0.2, 0.25) is 0 Å². The van der Waals surface area contributed by atoms with Gasteiger partial charge in [-0.15, -0.1) is 0 Å².